The van der Waals surface area contributed by atoms with E-state index >= 15 is 0 Å². The van der Waals surface area contributed by atoms with Crippen molar-refractivity contribution < 1.29 is 18.0 Å². The van der Waals surface area contributed by atoms with E-state index in [4.69, 9.17) is 11.1 Å². The molecule has 1 aliphatic carbocycles. The van der Waals surface area contributed by atoms with Gasteiger partial charge >= 0.3 is 6.18 Å². The molecule has 5 N–H and O–H groups in total. The van der Waals surface area contributed by atoms with Gasteiger partial charge in [0.05, 0.1) is 23.1 Å². The molecule has 0 heterocycles. The van der Waals surface area contributed by atoms with Gasteiger partial charge in [-0.3, -0.25) is 10.2 Å². The summed E-state index contributed by atoms with van der Waals surface area (Å²) in [7, 11) is 0. The van der Waals surface area contributed by atoms with Crippen molar-refractivity contribution in [3.63, 3.8) is 0 Å². The number of nitrogens with zero attached hydrogens (tertiary/aromatic N) is 1. The standard InChI is InChI=1S/C18H20F3N5O/c19-18(20,21)12-5-7-13(8-6-12)26-16(23)14(17(24)27)10-25-15-4-2-1-3-11(15)9-22/h5-8,10-11,15,25H,1-4H2,(H2,23,26)(H2,24,27)/b14-10+/t11?,15-/m0/s1. The number of rotatable bonds is 5. The van der Waals surface area contributed by atoms with Crippen LogP contribution < -0.4 is 16.4 Å². The van der Waals surface area contributed by atoms with E-state index in [1.807, 2.05) is 0 Å². The molecule has 1 aliphatic rings. The number of hydrogen-bond acceptors (Lipinski definition) is 4. The molecule has 0 aliphatic heterocycles. The molecule has 1 aromatic rings. The molecule has 0 radical (unpaired) electrons. The topological polar surface area (TPSA) is 115 Å². The molecular weight excluding hydrogens is 359 g/mol. The number of halogens is 3. The van der Waals surface area contributed by atoms with Gasteiger partial charge in [0.25, 0.3) is 5.91 Å². The molecule has 1 saturated carbocycles. The zero-order chi connectivity index (χ0) is 20.0. The Kier molecular flexibility index (Phi) is 6.45. The van der Waals surface area contributed by atoms with E-state index < -0.39 is 17.6 Å². The number of carbonyl (C=O) groups is 1. The molecule has 1 aromatic carbocycles. The predicted molar refractivity (Wildman–Crippen MR) is 94.6 cm³/mol. The average molecular weight is 379 g/mol. The number of alkyl halides is 3. The van der Waals surface area contributed by atoms with Gasteiger partial charge in [0.15, 0.2) is 0 Å². The van der Waals surface area contributed by atoms with Gasteiger partial charge < -0.3 is 16.4 Å². The van der Waals surface area contributed by atoms with Crippen molar-refractivity contribution >= 4 is 17.4 Å². The summed E-state index contributed by atoms with van der Waals surface area (Å²) in [6, 6.07) is 6.16. The molecule has 0 saturated heterocycles. The molecule has 0 aromatic heterocycles. The summed E-state index contributed by atoms with van der Waals surface area (Å²) >= 11 is 0. The minimum atomic E-state index is -4.45. The quantitative estimate of drug-likeness (QED) is 0.357. The van der Waals surface area contributed by atoms with E-state index in [1.54, 1.807) is 0 Å². The van der Waals surface area contributed by atoms with Crippen LogP contribution in [0.5, 0.6) is 0 Å². The van der Waals surface area contributed by atoms with Crippen LogP contribution in [0.4, 0.5) is 18.9 Å². The summed E-state index contributed by atoms with van der Waals surface area (Å²) < 4.78 is 37.8. The highest BCUT2D eigenvalue weighted by Crippen LogP contribution is 2.30. The highest BCUT2D eigenvalue weighted by atomic mass is 19.4. The molecule has 144 valence electrons. The van der Waals surface area contributed by atoms with Crippen LogP contribution in [0.3, 0.4) is 0 Å². The van der Waals surface area contributed by atoms with Gasteiger partial charge in [-0.25, -0.2) is 0 Å². The highest BCUT2D eigenvalue weighted by molar-refractivity contribution is 6.23. The van der Waals surface area contributed by atoms with Crippen molar-refractivity contribution in [1.29, 1.82) is 10.7 Å². The molecule has 1 amide bonds. The Bertz CT molecular complexity index is 765. The van der Waals surface area contributed by atoms with E-state index in [9.17, 15) is 23.2 Å². The molecule has 9 heteroatoms. The second kappa shape index (κ2) is 8.58. The number of anilines is 1. The fraction of sp³-hybridized carbons (Fsp3) is 0.389. The first-order valence-corrected chi connectivity index (χ1v) is 8.41. The number of hydrogen-bond donors (Lipinski definition) is 4. The smallest absolute Gasteiger partial charge is 0.386 e. The van der Waals surface area contributed by atoms with E-state index in [2.05, 4.69) is 16.7 Å². The van der Waals surface area contributed by atoms with E-state index in [1.165, 1.54) is 6.20 Å². The third-order valence-electron chi connectivity index (χ3n) is 4.39. The molecule has 0 bridgehead atoms. The molecule has 1 fully saturated rings. The van der Waals surface area contributed by atoms with Gasteiger partial charge in [-0.1, -0.05) is 12.8 Å². The Morgan fingerprint density at radius 3 is 2.44 bits per heavy atom. The molecule has 0 spiro atoms. The van der Waals surface area contributed by atoms with Crippen LogP contribution in [0.1, 0.15) is 31.2 Å². The van der Waals surface area contributed by atoms with Crippen LogP contribution in [-0.4, -0.2) is 17.8 Å². The molecule has 2 rings (SSSR count). The zero-order valence-corrected chi connectivity index (χ0v) is 14.4. The Balaban J connectivity index is 2.08. The molecular formula is C18H20F3N5O. The summed E-state index contributed by atoms with van der Waals surface area (Å²) in [5.74, 6) is -1.41. The molecule has 27 heavy (non-hydrogen) atoms. The summed E-state index contributed by atoms with van der Waals surface area (Å²) in [5, 5.41) is 22.7. The first kappa shape index (κ1) is 20.3. The number of primary amides is 1. The minimum Gasteiger partial charge on any atom is -0.386 e. The molecule has 2 atom stereocenters. The monoisotopic (exact) mass is 379 g/mol. The maximum Gasteiger partial charge on any atom is 0.416 e. The minimum absolute atomic E-state index is 0.142. The number of nitriles is 1. The Morgan fingerprint density at radius 1 is 1.26 bits per heavy atom. The van der Waals surface area contributed by atoms with Crippen LogP contribution in [0, 0.1) is 22.7 Å². The fourth-order valence-electron chi connectivity index (χ4n) is 2.90. The lowest BCUT2D eigenvalue weighted by Crippen LogP contribution is -2.36. The van der Waals surface area contributed by atoms with E-state index in [-0.39, 0.29) is 29.1 Å². The second-order valence-electron chi connectivity index (χ2n) is 6.29. The highest BCUT2D eigenvalue weighted by Gasteiger charge is 2.30. The number of carbonyl (C=O) groups excluding carboxylic acids is 1. The fourth-order valence-corrected chi connectivity index (χ4v) is 2.90. The number of nitrogens with one attached hydrogen (secondary N) is 3. The third kappa shape index (κ3) is 5.48. The summed E-state index contributed by atoms with van der Waals surface area (Å²) in [5.41, 5.74) is 4.56. The van der Waals surface area contributed by atoms with Gasteiger partial charge in [-0.15, -0.1) is 0 Å². The first-order valence-electron chi connectivity index (χ1n) is 8.41. The Labute approximate surface area is 154 Å². The SMILES string of the molecule is N#CC1CCCC[C@@H]1N/C=C(\C(=N)Nc1ccc(C(F)(F)F)cc1)C(N)=O. The molecule has 1 unspecified atom stereocenters. The van der Waals surface area contributed by atoms with Gasteiger partial charge in [0, 0.05) is 17.9 Å². The Morgan fingerprint density at radius 2 is 1.89 bits per heavy atom. The second-order valence-corrected chi connectivity index (χ2v) is 6.29. The van der Waals surface area contributed by atoms with Crippen molar-refractivity contribution in [2.75, 3.05) is 5.32 Å². The maximum atomic E-state index is 12.6. The van der Waals surface area contributed by atoms with Crippen LogP contribution in [0.2, 0.25) is 0 Å². The van der Waals surface area contributed by atoms with Crippen molar-refractivity contribution in [2.45, 2.75) is 37.9 Å². The lowest BCUT2D eigenvalue weighted by atomic mass is 9.85. The summed E-state index contributed by atoms with van der Waals surface area (Å²) in [6.07, 6.45) is 0.286. The van der Waals surface area contributed by atoms with Crippen LogP contribution in [-0.2, 0) is 11.0 Å². The maximum absolute atomic E-state index is 12.6. The first-order chi connectivity index (χ1) is 12.7. The van der Waals surface area contributed by atoms with Crippen LogP contribution >= 0.6 is 0 Å². The molecule has 6 nitrogen and oxygen atoms in total. The third-order valence-corrected chi connectivity index (χ3v) is 4.39. The van der Waals surface area contributed by atoms with Crippen LogP contribution in [0.25, 0.3) is 0 Å². The van der Waals surface area contributed by atoms with Crippen LogP contribution in [0.15, 0.2) is 36.0 Å². The van der Waals surface area contributed by atoms with Gasteiger partial charge in [0.1, 0.15) is 5.84 Å². The number of amides is 1. The van der Waals surface area contributed by atoms with Gasteiger partial charge in [-0.05, 0) is 37.1 Å². The largest absolute Gasteiger partial charge is 0.416 e. The Hall–Kier alpha value is -3.02. The van der Waals surface area contributed by atoms with E-state index in [0.29, 0.717) is 0 Å². The van der Waals surface area contributed by atoms with Crippen molar-refractivity contribution in [2.24, 2.45) is 11.7 Å². The normalized spacial score (nSPS) is 20.4. The van der Waals surface area contributed by atoms with Crippen molar-refractivity contribution in [3.8, 4) is 6.07 Å². The number of nitrogens with two attached hydrogens (primary N) is 1. The van der Waals surface area contributed by atoms with Crippen molar-refractivity contribution in [3.05, 3.63) is 41.6 Å². The lowest BCUT2D eigenvalue weighted by molar-refractivity contribution is -0.137. The van der Waals surface area contributed by atoms with Crippen molar-refractivity contribution in [1.82, 2.24) is 5.32 Å². The van der Waals surface area contributed by atoms with Gasteiger partial charge in [-0.2, -0.15) is 18.4 Å². The summed E-state index contributed by atoms with van der Waals surface area (Å²) in [6.45, 7) is 0. The average Bonchev–Trinajstić information content (AvgIpc) is 2.61. The lowest BCUT2D eigenvalue weighted by Gasteiger charge is -2.27. The summed E-state index contributed by atoms with van der Waals surface area (Å²) in [4.78, 5) is 11.7. The van der Waals surface area contributed by atoms with E-state index in [0.717, 1.165) is 49.9 Å². The zero-order valence-electron chi connectivity index (χ0n) is 14.4. The number of benzene rings is 1. The number of amidine groups is 1. The predicted octanol–water partition coefficient (Wildman–Crippen LogP) is 3.14. The van der Waals surface area contributed by atoms with Gasteiger partial charge in [0.2, 0.25) is 0 Å².